The van der Waals surface area contributed by atoms with Crippen molar-refractivity contribution >= 4 is 23.2 Å². The van der Waals surface area contributed by atoms with Crippen molar-refractivity contribution in [2.45, 2.75) is 70.3 Å². The number of hydrogen-bond acceptors (Lipinski definition) is 3. The number of amides is 1. The molecule has 0 radical (unpaired) electrons. The van der Waals surface area contributed by atoms with Crippen LogP contribution < -0.4 is 10.1 Å². The summed E-state index contributed by atoms with van der Waals surface area (Å²) < 4.78 is 5.71. The van der Waals surface area contributed by atoms with Crippen LogP contribution in [-0.4, -0.2) is 59.6 Å². The van der Waals surface area contributed by atoms with Gasteiger partial charge in [-0.25, -0.2) is 0 Å². The third-order valence-electron chi connectivity index (χ3n) is 7.38. The number of thiocarbonyl (C=S) groups is 1. The third-order valence-corrected chi connectivity index (χ3v) is 7.76. The summed E-state index contributed by atoms with van der Waals surface area (Å²) >= 11 is 5.75. The molecule has 1 aliphatic carbocycles. The predicted octanol–water partition coefficient (Wildman–Crippen LogP) is 4.37. The molecule has 0 bridgehead atoms. The summed E-state index contributed by atoms with van der Waals surface area (Å²) in [6.07, 6.45) is 11.3. The van der Waals surface area contributed by atoms with Crippen molar-refractivity contribution in [3.63, 3.8) is 0 Å². The van der Waals surface area contributed by atoms with Crippen LogP contribution in [-0.2, 0) is 4.79 Å². The number of carbonyl (C=O) groups is 1. The largest absolute Gasteiger partial charge is 0.494 e. The SMILES string of the molecule is O=C(CCCOc1ccccc1)N1CCC2(CC1)CCN(C(=S)NC1CCCCC1)C2. The molecule has 2 heterocycles. The molecule has 0 aromatic heterocycles. The minimum atomic E-state index is 0.274. The van der Waals surface area contributed by atoms with Crippen LogP contribution in [0.3, 0.4) is 0 Å². The van der Waals surface area contributed by atoms with Gasteiger partial charge in [0.05, 0.1) is 6.61 Å². The van der Waals surface area contributed by atoms with E-state index in [1.165, 1.54) is 38.5 Å². The summed E-state index contributed by atoms with van der Waals surface area (Å²) in [6.45, 7) is 4.47. The highest BCUT2D eigenvalue weighted by molar-refractivity contribution is 7.80. The van der Waals surface area contributed by atoms with Gasteiger partial charge in [0.25, 0.3) is 0 Å². The normalized spacial score (nSPS) is 21.3. The van der Waals surface area contributed by atoms with Crippen molar-refractivity contribution in [2.75, 3.05) is 32.8 Å². The Labute approximate surface area is 192 Å². The molecule has 2 aliphatic heterocycles. The maximum Gasteiger partial charge on any atom is 0.222 e. The molecule has 3 fully saturated rings. The van der Waals surface area contributed by atoms with Crippen LogP contribution in [0.4, 0.5) is 0 Å². The number of hydrogen-bond donors (Lipinski definition) is 1. The highest BCUT2D eigenvalue weighted by atomic mass is 32.1. The molecule has 4 rings (SSSR count). The molecule has 5 nitrogen and oxygen atoms in total. The van der Waals surface area contributed by atoms with Crippen molar-refractivity contribution in [1.29, 1.82) is 0 Å². The Kier molecular flexibility index (Phi) is 7.70. The number of benzene rings is 1. The number of para-hydroxylation sites is 1. The van der Waals surface area contributed by atoms with E-state index in [1.807, 2.05) is 30.3 Å². The first-order valence-corrected chi connectivity index (χ1v) is 12.6. The standard InChI is InChI=1S/C25H37N3O2S/c29-23(12-7-19-30-22-10-5-2-6-11-22)27-16-13-25(14-17-27)15-18-28(20-25)24(31)26-21-8-3-1-4-9-21/h2,5-6,10-11,21H,1,3-4,7-9,12-20H2,(H,26,31). The zero-order valence-corrected chi connectivity index (χ0v) is 19.5. The molecule has 170 valence electrons. The van der Waals surface area contributed by atoms with Gasteiger partial charge < -0.3 is 19.9 Å². The lowest BCUT2D eigenvalue weighted by Gasteiger charge is -2.39. The molecule has 1 amide bonds. The van der Waals surface area contributed by atoms with E-state index in [9.17, 15) is 4.79 Å². The Morgan fingerprint density at radius 1 is 1.03 bits per heavy atom. The molecule has 0 atom stereocenters. The van der Waals surface area contributed by atoms with Crippen molar-refractivity contribution in [3.8, 4) is 5.75 Å². The Bertz CT molecular complexity index is 728. The van der Waals surface area contributed by atoms with E-state index in [0.717, 1.165) is 56.3 Å². The zero-order valence-electron chi connectivity index (χ0n) is 18.7. The molecule has 6 heteroatoms. The predicted molar refractivity (Wildman–Crippen MR) is 128 cm³/mol. The average molecular weight is 444 g/mol. The van der Waals surface area contributed by atoms with Crippen molar-refractivity contribution in [1.82, 2.24) is 15.1 Å². The van der Waals surface area contributed by atoms with Crippen LogP contribution in [0.5, 0.6) is 5.75 Å². The molecule has 1 aromatic rings. The van der Waals surface area contributed by atoms with Crippen molar-refractivity contribution < 1.29 is 9.53 Å². The Balaban J connectivity index is 1.15. The smallest absolute Gasteiger partial charge is 0.222 e. The van der Waals surface area contributed by atoms with Gasteiger partial charge in [-0.1, -0.05) is 37.5 Å². The second-order valence-electron chi connectivity index (χ2n) is 9.60. The van der Waals surface area contributed by atoms with Crippen LogP contribution in [0.25, 0.3) is 0 Å². The van der Waals surface area contributed by atoms with Crippen LogP contribution in [0.2, 0.25) is 0 Å². The first kappa shape index (κ1) is 22.4. The van der Waals surface area contributed by atoms with Gasteiger partial charge in [-0.2, -0.15) is 0 Å². The molecule has 2 saturated heterocycles. The van der Waals surface area contributed by atoms with Gasteiger partial charge in [0, 0.05) is 38.6 Å². The summed E-state index contributed by atoms with van der Waals surface area (Å²) in [7, 11) is 0. The quantitative estimate of drug-likeness (QED) is 0.523. The van der Waals surface area contributed by atoms with E-state index in [0.29, 0.717) is 24.5 Å². The summed E-state index contributed by atoms with van der Waals surface area (Å²) in [5.41, 5.74) is 0.339. The molecule has 31 heavy (non-hydrogen) atoms. The number of likely N-dealkylation sites (tertiary alicyclic amines) is 2. The zero-order chi connectivity index (χ0) is 21.5. The highest BCUT2D eigenvalue weighted by Gasteiger charge is 2.42. The molecule has 1 saturated carbocycles. The lowest BCUT2D eigenvalue weighted by atomic mass is 9.77. The lowest BCUT2D eigenvalue weighted by molar-refractivity contribution is -0.133. The van der Waals surface area contributed by atoms with Crippen LogP contribution >= 0.6 is 12.2 Å². The van der Waals surface area contributed by atoms with Crippen LogP contribution in [0.1, 0.15) is 64.2 Å². The van der Waals surface area contributed by atoms with Gasteiger partial charge >= 0.3 is 0 Å². The molecule has 0 unspecified atom stereocenters. The fraction of sp³-hybridized carbons (Fsp3) is 0.680. The number of piperidine rings is 1. The van der Waals surface area contributed by atoms with Gasteiger partial charge in [0.2, 0.25) is 5.91 Å². The first-order chi connectivity index (χ1) is 15.1. The topological polar surface area (TPSA) is 44.8 Å². The van der Waals surface area contributed by atoms with E-state index in [2.05, 4.69) is 15.1 Å². The van der Waals surface area contributed by atoms with Gasteiger partial charge in [0.15, 0.2) is 5.11 Å². The second kappa shape index (κ2) is 10.7. The van der Waals surface area contributed by atoms with Gasteiger partial charge in [-0.05, 0) is 68.3 Å². The van der Waals surface area contributed by atoms with Gasteiger partial charge in [-0.15, -0.1) is 0 Å². The molecular formula is C25H37N3O2S. The number of ether oxygens (including phenoxy) is 1. The van der Waals surface area contributed by atoms with Crippen LogP contribution in [0.15, 0.2) is 30.3 Å². The molecule has 1 N–H and O–H groups in total. The van der Waals surface area contributed by atoms with Gasteiger partial charge in [-0.3, -0.25) is 4.79 Å². The number of nitrogens with zero attached hydrogens (tertiary/aromatic N) is 2. The number of nitrogens with one attached hydrogen (secondary N) is 1. The van der Waals surface area contributed by atoms with Crippen molar-refractivity contribution in [2.24, 2.45) is 5.41 Å². The lowest BCUT2D eigenvalue weighted by Crippen LogP contribution is -2.47. The minimum Gasteiger partial charge on any atom is -0.494 e. The summed E-state index contributed by atoms with van der Waals surface area (Å²) in [6, 6.07) is 10.4. The summed E-state index contributed by atoms with van der Waals surface area (Å²) in [5.74, 6) is 1.15. The second-order valence-corrected chi connectivity index (χ2v) is 9.99. The maximum atomic E-state index is 12.6. The minimum absolute atomic E-state index is 0.274. The first-order valence-electron chi connectivity index (χ1n) is 12.1. The van der Waals surface area contributed by atoms with Crippen molar-refractivity contribution in [3.05, 3.63) is 30.3 Å². The summed E-state index contributed by atoms with van der Waals surface area (Å²) in [5, 5.41) is 4.59. The molecule has 1 spiro atoms. The molecule has 1 aromatic carbocycles. The third kappa shape index (κ3) is 6.12. The Hall–Kier alpha value is -1.82. The monoisotopic (exact) mass is 443 g/mol. The van der Waals surface area contributed by atoms with Crippen LogP contribution in [0, 0.1) is 5.41 Å². The van der Waals surface area contributed by atoms with E-state index in [-0.39, 0.29) is 5.91 Å². The summed E-state index contributed by atoms with van der Waals surface area (Å²) in [4.78, 5) is 17.1. The van der Waals surface area contributed by atoms with E-state index >= 15 is 0 Å². The molecular weight excluding hydrogens is 406 g/mol. The maximum absolute atomic E-state index is 12.6. The Morgan fingerprint density at radius 3 is 2.42 bits per heavy atom. The molecule has 3 aliphatic rings. The number of carbonyl (C=O) groups excluding carboxylic acids is 1. The Morgan fingerprint density at radius 2 is 1.71 bits per heavy atom. The fourth-order valence-corrected chi connectivity index (χ4v) is 5.67. The fourth-order valence-electron chi connectivity index (χ4n) is 5.35. The highest BCUT2D eigenvalue weighted by Crippen LogP contribution is 2.40. The number of rotatable bonds is 6. The van der Waals surface area contributed by atoms with E-state index < -0.39 is 0 Å². The van der Waals surface area contributed by atoms with Gasteiger partial charge in [0.1, 0.15) is 5.75 Å². The van der Waals surface area contributed by atoms with E-state index in [4.69, 9.17) is 17.0 Å². The average Bonchev–Trinajstić information content (AvgIpc) is 3.22. The van der Waals surface area contributed by atoms with E-state index in [1.54, 1.807) is 0 Å².